The molecule has 3 heteroatoms. The maximum absolute atomic E-state index is 11.0. The van der Waals surface area contributed by atoms with Gasteiger partial charge in [0, 0.05) is 0 Å². The number of carboxylic acids is 1. The second kappa shape index (κ2) is 11.6. The van der Waals surface area contributed by atoms with Crippen molar-refractivity contribution in [2.45, 2.75) is 70.6 Å². The number of rotatable bonds is 1. The summed E-state index contributed by atoms with van der Waals surface area (Å²) in [6.07, 6.45) is 13.1. The molecule has 0 unspecified atom stereocenters. The Labute approximate surface area is 160 Å². The average Bonchev–Trinajstić information content (AvgIpc) is 2.18. The second-order valence-electron chi connectivity index (χ2n) is 4.79. The van der Waals surface area contributed by atoms with E-state index in [1.807, 2.05) is 0 Å². The zero-order valence-electron chi connectivity index (χ0n) is 11.7. The zero-order valence-corrected chi connectivity index (χ0v) is 17.0. The number of carboxylic acid groups (broad SMARTS) is 1. The smallest absolute Gasteiger partial charge is 1.00 e. The third-order valence-corrected chi connectivity index (χ3v) is 3.45. The normalized spacial score (nSPS) is 21.2. The summed E-state index contributed by atoms with van der Waals surface area (Å²) < 4.78 is 0. The Balaban J connectivity index is 0. The van der Waals surface area contributed by atoms with Gasteiger partial charge < -0.3 is 6.53 Å². The van der Waals surface area contributed by atoms with Crippen molar-refractivity contribution in [3.05, 3.63) is 0 Å². The summed E-state index contributed by atoms with van der Waals surface area (Å²) in [4.78, 5) is 11.0. The Morgan fingerprint density at radius 2 is 1.12 bits per heavy atom. The predicted octanol–water partition coefficient (Wildman–Crippen LogP) is 1.11. The number of carbonyl (C=O) groups is 1. The van der Waals surface area contributed by atoms with Gasteiger partial charge in [-0.25, -0.2) is 0 Å². The van der Waals surface area contributed by atoms with Gasteiger partial charge in [0.2, 0.25) is 0 Å². The molecule has 0 spiro atoms. The molecule has 1 rings (SSSR count). The van der Waals surface area contributed by atoms with Gasteiger partial charge in [-0.2, -0.15) is 0 Å². The van der Waals surface area contributed by atoms with Crippen molar-refractivity contribution in [1.29, 1.82) is 0 Å². The minimum atomic E-state index is -0.577. The summed E-state index contributed by atoms with van der Waals surface area (Å²) in [5, 5.41) is 9.04. The molecule has 0 atom stereocenters. The molecule has 0 aliphatic heterocycles. The third kappa shape index (κ3) is 8.59. The molecular formula is C13H25CsO2. The predicted molar refractivity (Wildman–Crippen MR) is 63.0 cm³/mol. The first-order valence-corrected chi connectivity index (χ1v) is 6.53. The van der Waals surface area contributed by atoms with Gasteiger partial charge in [-0.3, -0.25) is 4.79 Å². The molecule has 0 radical (unpaired) electrons. The van der Waals surface area contributed by atoms with E-state index >= 15 is 0 Å². The van der Waals surface area contributed by atoms with E-state index in [0.717, 1.165) is 25.7 Å². The van der Waals surface area contributed by atoms with E-state index in [0.29, 0.717) is 0 Å². The minimum absolute atomic E-state index is 0. The van der Waals surface area contributed by atoms with Crippen LogP contribution in [0.1, 0.15) is 72.1 Å². The van der Waals surface area contributed by atoms with Gasteiger partial charge in [-0.1, -0.05) is 57.8 Å². The molecule has 0 bridgehead atoms. The summed E-state index contributed by atoms with van der Waals surface area (Å²) >= 11 is 0. The molecule has 1 fully saturated rings. The van der Waals surface area contributed by atoms with Gasteiger partial charge >= 0.3 is 74.9 Å². The van der Waals surface area contributed by atoms with Crippen LogP contribution in [0.2, 0.25) is 0 Å². The molecule has 0 heterocycles. The van der Waals surface area contributed by atoms with Crippen molar-refractivity contribution in [3.8, 4) is 0 Å². The SMILES string of the molecule is O=C(O)C1CCCCCCCCCCC1.[Cs+].[H-]. The van der Waals surface area contributed by atoms with Crippen LogP contribution < -0.4 is 68.9 Å². The molecule has 1 aliphatic carbocycles. The van der Waals surface area contributed by atoms with Crippen molar-refractivity contribution >= 4 is 5.97 Å². The molecule has 90 valence electrons. The van der Waals surface area contributed by atoms with Crippen LogP contribution in [0.5, 0.6) is 0 Å². The van der Waals surface area contributed by atoms with Crippen LogP contribution in [-0.2, 0) is 4.79 Å². The maximum Gasteiger partial charge on any atom is 1.00 e. The van der Waals surface area contributed by atoms with E-state index in [1.165, 1.54) is 44.9 Å². The van der Waals surface area contributed by atoms with Crippen molar-refractivity contribution in [2.75, 3.05) is 0 Å². The maximum atomic E-state index is 11.0. The Hall–Kier alpha value is 1.52. The summed E-state index contributed by atoms with van der Waals surface area (Å²) in [5.41, 5.74) is 0. The van der Waals surface area contributed by atoms with Crippen LogP contribution in [-0.4, -0.2) is 11.1 Å². The third-order valence-electron chi connectivity index (χ3n) is 3.45. The van der Waals surface area contributed by atoms with Gasteiger partial charge in [0.05, 0.1) is 5.92 Å². The van der Waals surface area contributed by atoms with Crippen LogP contribution in [0.3, 0.4) is 0 Å². The van der Waals surface area contributed by atoms with Crippen LogP contribution in [0.4, 0.5) is 0 Å². The fraction of sp³-hybridized carbons (Fsp3) is 0.923. The average molecular weight is 346 g/mol. The Morgan fingerprint density at radius 1 is 0.812 bits per heavy atom. The fourth-order valence-corrected chi connectivity index (χ4v) is 2.41. The van der Waals surface area contributed by atoms with Crippen LogP contribution in [0.25, 0.3) is 0 Å². The molecule has 1 N–H and O–H groups in total. The first-order chi connectivity index (χ1) is 7.30. The van der Waals surface area contributed by atoms with Crippen molar-refractivity contribution in [3.63, 3.8) is 0 Å². The van der Waals surface area contributed by atoms with Crippen LogP contribution in [0, 0.1) is 5.92 Å². The first kappa shape index (κ1) is 17.5. The van der Waals surface area contributed by atoms with Gasteiger partial charge in [0.1, 0.15) is 0 Å². The largest absolute Gasteiger partial charge is 1.00 e. The van der Waals surface area contributed by atoms with Gasteiger partial charge in [-0.05, 0) is 12.8 Å². The van der Waals surface area contributed by atoms with Crippen molar-refractivity contribution in [1.82, 2.24) is 0 Å². The molecular weight excluding hydrogens is 321 g/mol. The zero-order chi connectivity index (χ0) is 10.9. The van der Waals surface area contributed by atoms with Gasteiger partial charge in [0.15, 0.2) is 0 Å². The van der Waals surface area contributed by atoms with E-state index in [-0.39, 0.29) is 76.2 Å². The van der Waals surface area contributed by atoms with E-state index in [9.17, 15) is 4.79 Å². The topological polar surface area (TPSA) is 37.3 Å². The standard InChI is InChI=1S/C13H24O2.Cs.H/c14-13(15)12-10-8-6-4-2-1-3-5-7-9-11-12;;/h12H,1-11H2,(H,14,15);;/q;+1;-1. The molecule has 1 saturated carbocycles. The molecule has 16 heavy (non-hydrogen) atoms. The van der Waals surface area contributed by atoms with Gasteiger partial charge in [-0.15, -0.1) is 0 Å². The van der Waals surface area contributed by atoms with Crippen LogP contribution in [0.15, 0.2) is 0 Å². The van der Waals surface area contributed by atoms with E-state index < -0.39 is 5.97 Å². The Kier molecular flexibility index (Phi) is 12.7. The molecule has 0 aromatic rings. The summed E-state index contributed by atoms with van der Waals surface area (Å²) in [6, 6.07) is 0. The first-order valence-electron chi connectivity index (χ1n) is 6.53. The molecule has 2 nitrogen and oxygen atoms in total. The summed E-state index contributed by atoms with van der Waals surface area (Å²) in [7, 11) is 0. The minimum Gasteiger partial charge on any atom is -1.00 e. The van der Waals surface area contributed by atoms with Crippen LogP contribution >= 0.6 is 0 Å². The molecule has 0 aromatic carbocycles. The molecule has 0 saturated heterocycles. The summed E-state index contributed by atoms with van der Waals surface area (Å²) in [5.74, 6) is -0.642. The molecule has 0 amide bonds. The fourth-order valence-electron chi connectivity index (χ4n) is 2.41. The van der Waals surface area contributed by atoms with Crippen molar-refractivity contribution < 1.29 is 80.2 Å². The second-order valence-corrected chi connectivity index (χ2v) is 4.79. The number of hydrogen-bond acceptors (Lipinski definition) is 1. The molecule has 1 aliphatic rings. The van der Waals surface area contributed by atoms with Crippen molar-refractivity contribution in [2.24, 2.45) is 5.92 Å². The Morgan fingerprint density at radius 3 is 1.44 bits per heavy atom. The number of hydrogen-bond donors (Lipinski definition) is 1. The van der Waals surface area contributed by atoms with E-state index in [2.05, 4.69) is 0 Å². The molecule has 0 aromatic heterocycles. The monoisotopic (exact) mass is 346 g/mol. The number of aliphatic carboxylic acids is 1. The Bertz CT molecular complexity index is 176. The summed E-state index contributed by atoms with van der Waals surface area (Å²) in [6.45, 7) is 0. The van der Waals surface area contributed by atoms with Gasteiger partial charge in [0.25, 0.3) is 0 Å². The van der Waals surface area contributed by atoms with E-state index in [4.69, 9.17) is 5.11 Å². The van der Waals surface area contributed by atoms with E-state index in [1.54, 1.807) is 0 Å². The quantitative estimate of drug-likeness (QED) is 0.772.